The molecule has 5 heteroatoms. The number of nitrogens with one attached hydrogen (secondary N) is 1. The van der Waals surface area contributed by atoms with Crippen molar-refractivity contribution < 1.29 is 4.79 Å². The fourth-order valence-electron chi connectivity index (χ4n) is 1.15. The average Bonchev–Trinajstić information content (AvgIpc) is 2.61. The summed E-state index contributed by atoms with van der Waals surface area (Å²) in [6.07, 6.45) is 0.494. The summed E-state index contributed by atoms with van der Waals surface area (Å²) in [7, 11) is 0. The van der Waals surface area contributed by atoms with E-state index in [9.17, 15) is 4.79 Å². The molecule has 84 valence electrons. The van der Waals surface area contributed by atoms with Crippen LogP contribution in [0.5, 0.6) is 0 Å². The third-order valence-corrected chi connectivity index (χ3v) is 3.16. The number of nitrogens with two attached hydrogens (primary N) is 1. The molecule has 1 rings (SSSR count). The zero-order chi connectivity index (χ0) is 11.3. The van der Waals surface area contributed by atoms with E-state index >= 15 is 0 Å². The highest BCUT2D eigenvalue weighted by molar-refractivity contribution is 7.09. The fraction of sp³-hybridized carbons (Fsp3) is 0.600. The van der Waals surface area contributed by atoms with Gasteiger partial charge in [-0.3, -0.25) is 4.79 Å². The van der Waals surface area contributed by atoms with Crippen molar-refractivity contribution in [1.29, 1.82) is 0 Å². The van der Waals surface area contributed by atoms with Gasteiger partial charge in [0.2, 0.25) is 5.91 Å². The van der Waals surface area contributed by atoms with Gasteiger partial charge in [-0.15, -0.1) is 11.3 Å². The molecule has 0 fully saturated rings. The van der Waals surface area contributed by atoms with Crippen molar-refractivity contribution in [2.45, 2.75) is 26.8 Å². The third kappa shape index (κ3) is 3.97. The van der Waals surface area contributed by atoms with Crippen LogP contribution in [-0.4, -0.2) is 17.4 Å². The molecular weight excluding hydrogens is 210 g/mol. The van der Waals surface area contributed by atoms with Crippen LogP contribution in [0.3, 0.4) is 0 Å². The predicted octanol–water partition coefficient (Wildman–Crippen LogP) is 1.05. The van der Waals surface area contributed by atoms with E-state index in [-0.39, 0.29) is 11.8 Å². The van der Waals surface area contributed by atoms with Gasteiger partial charge in [0.25, 0.3) is 0 Å². The summed E-state index contributed by atoms with van der Waals surface area (Å²) in [6, 6.07) is 0. The number of hydrogen-bond donors (Lipinski definition) is 2. The highest BCUT2D eigenvalue weighted by Crippen LogP contribution is 2.11. The number of thiazole rings is 1. The summed E-state index contributed by atoms with van der Waals surface area (Å²) in [5.41, 5.74) is 8.23. The number of aryl methyl sites for hydroxylation is 1. The number of rotatable bonds is 5. The molecule has 3 N–H and O–H groups in total. The number of carbonyl (C=O) groups excluding carboxylic acids is 1. The van der Waals surface area contributed by atoms with Crippen molar-refractivity contribution in [3.8, 4) is 0 Å². The average molecular weight is 227 g/mol. The second-order valence-electron chi connectivity index (χ2n) is 3.68. The zero-order valence-electron chi connectivity index (χ0n) is 9.12. The van der Waals surface area contributed by atoms with Gasteiger partial charge < -0.3 is 11.1 Å². The monoisotopic (exact) mass is 227 g/mol. The summed E-state index contributed by atoms with van der Waals surface area (Å²) < 4.78 is 0. The standard InChI is InChI=1S/C10H17N3OS/c1-7(4-11)3-10(14)12-5-9-8(2)13-6-15-9/h6-7H,3-5,11H2,1-2H3,(H,12,14). The molecule has 0 aromatic carbocycles. The predicted molar refractivity (Wildman–Crippen MR) is 61.5 cm³/mol. The number of hydrogen-bond acceptors (Lipinski definition) is 4. The van der Waals surface area contributed by atoms with Crippen LogP contribution in [0.1, 0.15) is 23.9 Å². The molecular formula is C10H17N3OS. The minimum Gasteiger partial charge on any atom is -0.351 e. The molecule has 1 atom stereocenters. The summed E-state index contributed by atoms with van der Waals surface area (Å²) in [6.45, 7) is 5.04. The molecule has 0 aliphatic carbocycles. The van der Waals surface area contributed by atoms with E-state index in [1.165, 1.54) is 0 Å². The highest BCUT2D eigenvalue weighted by Gasteiger charge is 2.08. The van der Waals surface area contributed by atoms with Crippen LogP contribution >= 0.6 is 11.3 Å². The fourth-order valence-corrected chi connectivity index (χ4v) is 1.86. The molecule has 0 aliphatic heterocycles. The molecule has 0 spiro atoms. The Hall–Kier alpha value is -0.940. The molecule has 0 saturated heterocycles. The SMILES string of the molecule is Cc1ncsc1CNC(=O)CC(C)CN. The van der Waals surface area contributed by atoms with Crippen molar-refractivity contribution in [2.24, 2.45) is 11.7 Å². The smallest absolute Gasteiger partial charge is 0.220 e. The topological polar surface area (TPSA) is 68.0 Å². The van der Waals surface area contributed by atoms with Gasteiger partial charge in [-0.05, 0) is 19.4 Å². The van der Waals surface area contributed by atoms with E-state index in [0.29, 0.717) is 19.5 Å². The summed E-state index contributed by atoms with van der Waals surface area (Å²) in [5, 5.41) is 2.87. The van der Waals surface area contributed by atoms with Crippen molar-refractivity contribution in [1.82, 2.24) is 10.3 Å². The van der Waals surface area contributed by atoms with Crippen molar-refractivity contribution in [3.05, 3.63) is 16.1 Å². The largest absolute Gasteiger partial charge is 0.351 e. The molecule has 0 bridgehead atoms. The Balaban J connectivity index is 2.31. The zero-order valence-corrected chi connectivity index (χ0v) is 9.93. The van der Waals surface area contributed by atoms with Crippen molar-refractivity contribution >= 4 is 17.2 Å². The van der Waals surface area contributed by atoms with Gasteiger partial charge in [0.1, 0.15) is 0 Å². The molecule has 0 radical (unpaired) electrons. The van der Waals surface area contributed by atoms with Crippen LogP contribution in [0.4, 0.5) is 0 Å². The Kier molecular flexibility index (Phi) is 4.71. The molecule has 1 unspecified atom stereocenters. The maximum Gasteiger partial charge on any atom is 0.220 e. The van der Waals surface area contributed by atoms with Crippen LogP contribution in [0, 0.1) is 12.8 Å². The van der Waals surface area contributed by atoms with Crippen LogP contribution in [0.2, 0.25) is 0 Å². The van der Waals surface area contributed by atoms with Gasteiger partial charge in [-0.25, -0.2) is 4.98 Å². The number of nitrogens with zero attached hydrogens (tertiary/aromatic N) is 1. The Labute approximate surface area is 93.9 Å². The Morgan fingerprint density at radius 1 is 1.73 bits per heavy atom. The third-order valence-electron chi connectivity index (χ3n) is 2.23. The minimum atomic E-state index is 0.0563. The van der Waals surface area contributed by atoms with Gasteiger partial charge in [0.15, 0.2) is 0 Å². The first-order valence-corrected chi connectivity index (χ1v) is 5.87. The van der Waals surface area contributed by atoms with E-state index in [2.05, 4.69) is 10.3 Å². The molecule has 1 aromatic rings. The highest BCUT2D eigenvalue weighted by atomic mass is 32.1. The summed E-state index contributed by atoms with van der Waals surface area (Å²) in [4.78, 5) is 16.7. The molecule has 15 heavy (non-hydrogen) atoms. The van der Waals surface area contributed by atoms with E-state index in [0.717, 1.165) is 10.6 Å². The number of aromatic nitrogens is 1. The molecule has 1 heterocycles. The molecule has 0 aliphatic rings. The normalized spacial score (nSPS) is 12.5. The van der Waals surface area contributed by atoms with Gasteiger partial charge in [-0.2, -0.15) is 0 Å². The van der Waals surface area contributed by atoms with Crippen LogP contribution in [0.15, 0.2) is 5.51 Å². The van der Waals surface area contributed by atoms with Gasteiger partial charge in [-0.1, -0.05) is 6.92 Å². The first-order valence-electron chi connectivity index (χ1n) is 4.99. The van der Waals surface area contributed by atoms with Crippen molar-refractivity contribution in [3.63, 3.8) is 0 Å². The number of carbonyl (C=O) groups is 1. The van der Waals surface area contributed by atoms with Gasteiger partial charge in [0, 0.05) is 11.3 Å². The molecule has 1 amide bonds. The summed E-state index contributed by atoms with van der Waals surface area (Å²) >= 11 is 1.57. The van der Waals surface area contributed by atoms with E-state index in [1.54, 1.807) is 16.8 Å². The summed E-state index contributed by atoms with van der Waals surface area (Å²) in [5.74, 6) is 0.299. The quantitative estimate of drug-likeness (QED) is 0.790. The second kappa shape index (κ2) is 5.82. The Morgan fingerprint density at radius 2 is 2.47 bits per heavy atom. The first kappa shape index (κ1) is 12.1. The Morgan fingerprint density at radius 3 is 3.00 bits per heavy atom. The molecule has 4 nitrogen and oxygen atoms in total. The van der Waals surface area contributed by atoms with Crippen LogP contribution < -0.4 is 11.1 Å². The van der Waals surface area contributed by atoms with E-state index in [4.69, 9.17) is 5.73 Å². The maximum absolute atomic E-state index is 11.4. The molecule has 1 aromatic heterocycles. The lowest BCUT2D eigenvalue weighted by Gasteiger charge is -2.08. The van der Waals surface area contributed by atoms with Crippen LogP contribution in [-0.2, 0) is 11.3 Å². The first-order chi connectivity index (χ1) is 7.13. The number of amides is 1. The van der Waals surface area contributed by atoms with Gasteiger partial charge >= 0.3 is 0 Å². The minimum absolute atomic E-state index is 0.0563. The maximum atomic E-state index is 11.4. The van der Waals surface area contributed by atoms with Crippen LogP contribution in [0.25, 0.3) is 0 Å². The van der Waals surface area contributed by atoms with E-state index in [1.807, 2.05) is 13.8 Å². The van der Waals surface area contributed by atoms with Crippen molar-refractivity contribution in [2.75, 3.05) is 6.54 Å². The second-order valence-corrected chi connectivity index (χ2v) is 4.62. The lowest BCUT2D eigenvalue weighted by Crippen LogP contribution is -2.26. The van der Waals surface area contributed by atoms with E-state index < -0.39 is 0 Å². The molecule has 0 saturated carbocycles. The van der Waals surface area contributed by atoms with Gasteiger partial charge in [0.05, 0.1) is 17.7 Å². The lowest BCUT2D eigenvalue weighted by atomic mass is 10.1. The Bertz CT molecular complexity index is 324. The lowest BCUT2D eigenvalue weighted by molar-refractivity contribution is -0.122.